The molecule has 0 fully saturated rings. The quantitative estimate of drug-likeness (QED) is 0.686. The van der Waals surface area contributed by atoms with Gasteiger partial charge in [-0.05, 0) is 42.0 Å². The molecule has 0 radical (unpaired) electrons. The van der Waals surface area contributed by atoms with Gasteiger partial charge in [0.1, 0.15) is 11.9 Å². The zero-order chi connectivity index (χ0) is 21.4. The Labute approximate surface area is 173 Å². The molecule has 0 aliphatic carbocycles. The normalized spacial score (nSPS) is 11.9. The number of halogens is 1. The summed E-state index contributed by atoms with van der Waals surface area (Å²) in [6, 6.07) is 13.5. The van der Waals surface area contributed by atoms with Gasteiger partial charge in [-0.3, -0.25) is 9.59 Å². The maximum Gasteiger partial charge on any atom is 0.242 e. The van der Waals surface area contributed by atoms with E-state index >= 15 is 0 Å². The third-order valence-electron chi connectivity index (χ3n) is 4.97. The second-order valence-corrected chi connectivity index (χ2v) is 7.78. The van der Waals surface area contributed by atoms with Gasteiger partial charge in [-0.25, -0.2) is 4.39 Å². The molecule has 29 heavy (non-hydrogen) atoms. The van der Waals surface area contributed by atoms with Crippen LogP contribution in [0.5, 0.6) is 0 Å². The van der Waals surface area contributed by atoms with E-state index in [9.17, 15) is 14.0 Å². The molecule has 2 aromatic carbocycles. The Kier molecular flexibility index (Phi) is 8.37. The van der Waals surface area contributed by atoms with Crippen LogP contribution in [0.25, 0.3) is 0 Å². The van der Waals surface area contributed by atoms with Gasteiger partial charge in [0, 0.05) is 13.1 Å². The van der Waals surface area contributed by atoms with Crippen molar-refractivity contribution < 1.29 is 14.0 Å². The summed E-state index contributed by atoms with van der Waals surface area (Å²) in [4.78, 5) is 27.6. The summed E-state index contributed by atoms with van der Waals surface area (Å²) in [5.41, 5.74) is 2.36. The van der Waals surface area contributed by atoms with Crippen LogP contribution in [0.2, 0.25) is 0 Å². The van der Waals surface area contributed by atoms with E-state index in [0.717, 1.165) is 11.1 Å². The molecule has 2 rings (SSSR count). The number of carbonyl (C=O) groups is 2. The summed E-state index contributed by atoms with van der Waals surface area (Å²) >= 11 is 0. The second kappa shape index (κ2) is 10.7. The molecule has 0 aliphatic heterocycles. The number of nitrogens with zero attached hydrogens (tertiary/aromatic N) is 1. The maximum absolute atomic E-state index is 14.1. The number of carbonyl (C=O) groups excluding carboxylic acids is 2. The highest BCUT2D eigenvalue weighted by Crippen LogP contribution is 2.18. The molecule has 2 aromatic rings. The largest absolute Gasteiger partial charge is 0.354 e. The average Bonchev–Trinajstić information content (AvgIpc) is 2.69. The predicted molar refractivity (Wildman–Crippen MR) is 114 cm³/mol. The predicted octanol–water partition coefficient (Wildman–Crippen LogP) is 4.26. The Hall–Kier alpha value is -2.69. The van der Waals surface area contributed by atoms with Gasteiger partial charge in [-0.2, -0.15) is 0 Å². The lowest BCUT2D eigenvalue weighted by Crippen LogP contribution is -2.50. The smallest absolute Gasteiger partial charge is 0.242 e. The van der Waals surface area contributed by atoms with Crippen molar-refractivity contribution in [2.45, 2.75) is 53.1 Å². The van der Waals surface area contributed by atoms with Crippen molar-refractivity contribution in [3.05, 3.63) is 71.0 Å². The van der Waals surface area contributed by atoms with Crippen molar-refractivity contribution in [2.24, 2.45) is 5.92 Å². The zero-order valence-electron chi connectivity index (χ0n) is 17.7. The highest BCUT2D eigenvalue weighted by Gasteiger charge is 2.29. The van der Waals surface area contributed by atoms with Crippen LogP contribution in [0.4, 0.5) is 4.39 Å². The van der Waals surface area contributed by atoms with Gasteiger partial charge in [-0.1, -0.05) is 63.2 Å². The molecule has 0 spiro atoms. The minimum absolute atomic E-state index is 0.0769. The van der Waals surface area contributed by atoms with Crippen LogP contribution in [0.3, 0.4) is 0 Å². The number of rotatable bonds is 9. The van der Waals surface area contributed by atoms with Crippen LogP contribution in [-0.4, -0.2) is 29.3 Å². The lowest BCUT2D eigenvalue weighted by Gasteiger charge is -2.31. The molecule has 0 aliphatic rings. The SMILES string of the molecule is CC[C@H](C(=O)NCC(C)C)N(Cc1ccccc1C)C(=O)Cc1ccccc1F. The lowest BCUT2D eigenvalue weighted by molar-refractivity contribution is -0.141. The Bertz CT molecular complexity index is 835. The van der Waals surface area contributed by atoms with Gasteiger partial charge in [0.25, 0.3) is 0 Å². The molecule has 0 heterocycles. The van der Waals surface area contributed by atoms with Crippen molar-refractivity contribution in [3.8, 4) is 0 Å². The summed E-state index contributed by atoms with van der Waals surface area (Å²) in [5.74, 6) is -0.522. The number of nitrogens with one attached hydrogen (secondary N) is 1. The van der Waals surface area contributed by atoms with Crippen LogP contribution in [0, 0.1) is 18.7 Å². The Morgan fingerprint density at radius 1 is 1.03 bits per heavy atom. The first-order chi connectivity index (χ1) is 13.8. The average molecular weight is 399 g/mol. The third-order valence-corrected chi connectivity index (χ3v) is 4.97. The van der Waals surface area contributed by atoms with Crippen LogP contribution >= 0.6 is 0 Å². The monoisotopic (exact) mass is 398 g/mol. The molecule has 1 N–H and O–H groups in total. The second-order valence-electron chi connectivity index (χ2n) is 7.78. The number of aryl methyl sites for hydroxylation is 1. The first kappa shape index (κ1) is 22.6. The number of hydrogen-bond acceptors (Lipinski definition) is 2. The molecule has 0 unspecified atom stereocenters. The summed E-state index contributed by atoms with van der Waals surface area (Å²) in [6.07, 6.45) is 0.408. The summed E-state index contributed by atoms with van der Waals surface area (Å²) in [7, 11) is 0. The number of hydrogen-bond donors (Lipinski definition) is 1. The molecule has 5 heteroatoms. The fourth-order valence-corrected chi connectivity index (χ4v) is 3.22. The van der Waals surface area contributed by atoms with E-state index in [1.165, 1.54) is 6.07 Å². The van der Waals surface area contributed by atoms with Crippen LogP contribution in [0.1, 0.15) is 43.9 Å². The summed E-state index contributed by atoms with van der Waals surface area (Å²) < 4.78 is 14.1. The highest BCUT2D eigenvalue weighted by molar-refractivity contribution is 5.88. The van der Waals surface area contributed by atoms with Crippen LogP contribution in [-0.2, 0) is 22.6 Å². The molecular weight excluding hydrogens is 367 g/mol. The van der Waals surface area contributed by atoms with E-state index in [2.05, 4.69) is 5.32 Å². The van der Waals surface area contributed by atoms with Crippen LogP contribution < -0.4 is 5.32 Å². The first-order valence-electron chi connectivity index (χ1n) is 10.2. The molecule has 0 aromatic heterocycles. The van der Waals surface area contributed by atoms with Crippen molar-refractivity contribution in [2.75, 3.05) is 6.54 Å². The Balaban J connectivity index is 2.30. The van der Waals surface area contributed by atoms with Gasteiger partial charge in [0.2, 0.25) is 11.8 Å². The van der Waals surface area contributed by atoms with E-state index in [4.69, 9.17) is 0 Å². The van der Waals surface area contributed by atoms with Crippen molar-refractivity contribution >= 4 is 11.8 Å². The minimum Gasteiger partial charge on any atom is -0.354 e. The topological polar surface area (TPSA) is 49.4 Å². The van der Waals surface area contributed by atoms with Gasteiger partial charge in [0.15, 0.2) is 0 Å². The first-order valence-corrected chi connectivity index (χ1v) is 10.2. The van der Waals surface area contributed by atoms with Gasteiger partial charge >= 0.3 is 0 Å². The molecular formula is C24H31FN2O2. The highest BCUT2D eigenvalue weighted by atomic mass is 19.1. The van der Waals surface area contributed by atoms with Crippen molar-refractivity contribution in [1.82, 2.24) is 10.2 Å². The van der Waals surface area contributed by atoms with Crippen molar-refractivity contribution in [3.63, 3.8) is 0 Å². The summed E-state index contributed by atoms with van der Waals surface area (Å²) in [5, 5.41) is 2.94. The van der Waals surface area contributed by atoms with E-state index in [1.54, 1.807) is 23.1 Å². The molecule has 2 amide bonds. The number of benzene rings is 2. The van der Waals surface area contributed by atoms with E-state index < -0.39 is 11.9 Å². The molecule has 1 atom stereocenters. The Morgan fingerprint density at radius 2 is 1.66 bits per heavy atom. The summed E-state index contributed by atoms with van der Waals surface area (Å²) in [6.45, 7) is 8.78. The van der Waals surface area contributed by atoms with Gasteiger partial charge in [-0.15, -0.1) is 0 Å². The van der Waals surface area contributed by atoms with E-state index in [0.29, 0.717) is 31.0 Å². The molecule has 0 saturated carbocycles. The molecule has 156 valence electrons. The molecule has 0 bridgehead atoms. The van der Waals surface area contributed by atoms with Crippen LogP contribution in [0.15, 0.2) is 48.5 Å². The molecule has 4 nitrogen and oxygen atoms in total. The molecule has 0 saturated heterocycles. The fraction of sp³-hybridized carbons (Fsp3) is 0.417. The lowest BCUT2D eigenvalue weighted by atomic mass is 10.0. The van der Waals surface area contributed by atoms with E-state index in [-0.39, 0.29) is 18.2 Å². The zero-order valence-corrected chi connectivity index (χ0v) is 17.7. The van der Waals surface area contributed by atoms with E-state index in [1.807, 2.05) is 52.0 Å². The fourth-order valence-electron chi connectivity index (χ4n) is 3.22. The third kappa shape index (κ3) is 6.41. The van der Waals surface area contributed by atoms with Gasteiger partial charge < -0.3 is 10.2 Å². The maximum atomic E-state index is 14.1. The number of amides is 2. The Morgan fingerprint density at radius 3 is 2.24 bits per heavy atom. The van der Waals surface area contributed by atoms with Gasteiger partial charge in [0.05, 0.1) is 6.42 Å². The standard InChI is InChI=1S/C24H31FN2O2/c1-5-22(24(29)26-15-17(2)3)27(16-20-12-7-6-10-18(20)4)23(28)14-19-11-8-9-13-21(19)25/h6-13,17,22H,5,14-16H2,1-4H3,(H,26,29)/t22-/m1/s1. The minimum atomic E-state index is -0.604. The van der Waals surface area contributed by atoms with Crippen molar-refractivity contribution in [1.29, 1.82) is 0 Å².